The third kappa shape index (κ3) is 2.50. The van der Waals surface area contributed by atoms with Crippen molar-refractivity contribution < 1.29 is 0 Å². The van der Waals surface area contributed by atoms with Crippen LogP contribution in [0.5, 0.6) is 0 Å². The lowest BCUT2D eigenvalue weighted by Crippen LogP contribution is -2.33. The standard InChI is InChI=1S/C13H25N/c1-10-6-7-13(14)9-12(10)8-11-4-2-3-5-11/h10-13H,2-9,14H2,1H3. The average Bonchev–Trinajstić information content (AvgIpc) is 2.64. The van der Waals surface area contributed by atoms with Gasteiger partial charge in [-0.3, -0.25) is 0 Å². The highest BCUT2D eigenvalue weighted by atomic mass is 14.6. The van der Waals surface area contributed by atoms with Gasteiger partial charge in [0.15, 0.2) is 0 Å². The van der Waals surface area contributed by atoms with Crippen LogP contribution in [0.15, 0.2) is 0 Å². The summed E-state index contributed by atoms with van der Waals surface area (Å²) >= 11 is 0. The van der Waals surface area contributed by atoms with Gasteiger partial charge in [0.25, 0.3) is 0 Å². The molecule has 0 saturated heterocycles. The van der Waals surface area contributed by atoms with Crippen LogP contribution in [-0.2, 0) is 0 Å². The molecule has 0 aromatic rings. The highest BCUT2D eigenvalue weighted by Crippen LogP contribution is 2.38. The van der Waals surface area contributed by atoms with E-state index < -0.39 is 0 Å². The SMILES string of the molecule is CC1CCC(N)CC1CC1CCCC1. The molecule has 0 aromatic heterocycles. The molecule has 2 saturated carbocycles. The van der Waals surface area contributed by atoms with Gasteiger partial charge in [-0.25, -0.2) is 0 Å². The molecule has 0 aromatic carbocycles. The van der Waals surface area contributed by atoms with E-state index in [0.29, 0.717) is 6.04 Å². The third-order valence-electron chi connectivity index (χ3n) is 4.51. The molecule has 0 bridgehead atoms. The molecular formula is C13H25N. The summed E-state index contributed by atoms with van der Waals surface area (Å²) in [5.74, 6) is 2.94. The maximum absolute atomic E-state index is 6.06. The summed E-state index contributed by atoms with van der Waals surface area (Å²) in [4.78, 5) is 0. The minimum absolute atomic E-state index is 0.512. The fourth-order valence-corrected chi connectivity index (χ4v) is 3.45. The first-order valence-corrected chi connectivity index (χ1v) is 6.51. The van der Waals surface area contributed by atoms with E-state index in [4.69, 9.17) is 5.73 Å². The first-order chi connectivity index (χ1) is 6.75. The summed E-state index contributed by atoms with van der Waals surface area (Å²) in [6.45, 7) is 2.44. The molecule has 0 amide bonds. The van der Waals surface area contributed by atoms with Gasteiger partial charge < -0.3 is 5.73 Å². The van der Waals surface area contributed by atoms with Gasteiger partial charge >= 0.3 is 0 Å². The van der Waals surface area contributed by atoms with Crippen LogP contribution < -0.4 is 5.73 Å². The number of nitrogens with two attached hydrogens (primary N) is 1. The number of hydrogen-bond acceptors (Lipinski definition) is 1. The predicted molar refractivity (Wildman–Crippen MR) is 61.1 cm³/mol. The van der Waals surface area contributed by atoms with Gasteiger partial charge in [0.1, 0.15) is 0 Å². The second kappa shape index (κ2) is 4.65. The minimum atomic E-state index is 0.512. The second-order valence-electron chi connectivity index (χ2n) is 5.70. The van der Waals surface area contributed by atoms with Crippen LogP contribution in [0.2, 0.25) is 0 Å². The van der Waals surface area contributed by atoms with E-state index in [1.54, 1.807) is 0 Å². The average molecular weight is 195 g/mol. The molecule has 2 aliphatic carbocycles. The van der Waals surface area contributed by atoms with Crippen LogP contribution >= 0.6 is 0 Å². The lowest BCUT2D eigenvalue weighted by Gasteiger charge is -2.34. The summed E-state index contributed by atoms with van der Waals surface area (Å²) in [5, 5.41) is 0. The Bertz CT molecular complexity index is 172. The lowest BCUT2D eigenvalue weighted by atomic mass is 9.74. The molecule has 0 aliphatic heterocycles. The normalized spacial score (nSPS) is 40.3. The van der Waals surface area contributed by atoms with Gasteiger partial charge in [-0.05, 0) is 43.4 Å². The molecule has 3 atom stereocenters. The highest BCUT2D eigenvalue weighted by molar-refractivity contribution is 4.82. The second-order valence-corrected chi connectivity index (χ2v) is 5.70. The number of hydrogen-bond donors (Lipinski definition) is 1. The Morgan fingerprint density at radius 3 is 2.50 bits per heavy atom. The quantitative estimate of drug-likeness (QED) is 0.718. The zero-order valence-electron chi connectivity index (χ0n) is 9.54. The molecule has 14 heavy (non-hydrogen) atoms. The third-order valence-corrected chi connectivity index (χ3v) is 4.51. The molecule has 2 aliphatic rings. The fraction of sp³-hybridized carbons (Fsp3) is 1.00. The molecular weight excluding hydrogens is 170 g/mol. The Morgan fingerprint density at radius 2 is 1.79 bits per heavy atom. The zero-order valence-corrected chi connectivity index (χ0v) is 9.54. The summed E-state index contributed by atoms with van der Waals surface area (Å²) in [5.41, 5.74) is 6.06. The van der Waals surface area contributed by atoms with Gasteiger partial charge in [-0.15, -0.1) is 0 Å². The molecule has 2 N–H and O–H groups in total. The Balaban J connectivity index is 1.82. The largest absolute Gasteiger partial charge is 0.328 e. The van der Waals surface area contributed by atoms with E-state index >= 15 is 0 Å². The Kier molecular flexibility index (Phi) is 3.48. The van der Waals surface area contributed by atoms with Crippen LogP contribution in [0.25, 0.3) is 0 Å². The zero-order chi connectivity index (χ0) is 9.97. The van der Waals surface area contributed by atoms with E-state index in [9.17, 15) is 0 Å². The van der Waals surface area contributed by atoms with E-state index in [1.807, 2.05) is 0 Å². The first-order valence-electron chi connectivity index (χ1n) is 6.51. The molecule has 1 nitrogen and oxygen atoms in total. The predicted octanol–water partition coefficient (Wildman–Crippen LogP) is 3.33. The van der Waals surface area contributed by atoms with Crippen molar-refractivity contribution in [3.8, 4) is 0 Å². The van der Waals surface area contributed by atoms with E-state index in [2.05, 4.69) is 6.92 Å². The molecule has 0 radical (unpaired) electrons. The highest BCUT2D eigenvalue weighted by Gasteiger charge is 2.28. The van der Waals surface area contributed by atoms with Crippen LogP contribution in [0.1, 0.15) is 58.3 Å². The molecule has 2 rings (SSSR count). The molecule has 3 unspecified atom stereocenters. The van der Waals surface area contributed by atoms with Crippen LogP contribution in [-0.4, -0.2) is 6.04 Å². The molecule has 0 spiro atoms. The van der Waals surface area contributed by atoms with E-state index in [-0.39, 0.29) is 0 Å². The minimum Gasteiger partial charge on any atom is -0.328 e. The number of rotatable bonds is 2. The van der Waals surface area contributed by atoms with Crippen molar-refractivity contribution in [2.45, 2.75) is 64.3 Å². The van der Waals surface area contributed by atoms with Crippen molar-refractivity contribution in [3.05, 3.63) is 0 Å². The van der Waals surface area contributed by atoms with Crippen LogP contribution in [0, 0.1) is 17.8 Å². The smallest absolute Gasteiger partial charge is 0.00416 e. The van der Waals surface area contributed by atoms with Gasteiger partial charge in [0, 0.05) is 6.04 Å². The van der Waals surface area contributed by atoms with Crippen molar-refractivity contribution in [2.24, 2.45) is 23.5 Å². The van der Waals surface area contributed by atoms with Crippen molar-refractivity contribution in [3.63, 3.8) is 0 Å². The maximum Gasteiger partial charge on any atom is 0.00416 e. The summed E-state index contributed by atoms with van der Waals surface area (Å²) in [6.07, 6.45) is 11.4. The van der Waals surface area contributed by atoms with Crippen molar-refractivity contribution in [1.29, 1.82) is 0 Å². The Hall–Kier alpha value is -0.0400. The molecule has 82 valence electrons. The van der Waals surface area contributed by atoms with E-state index in [0.717, 1.165) is 17.8 Å². The Labute approximate surface area is 88.4 Å². The van der Waals surface area contributed by atoms with Gasteiger partial charge in [-0.1, -0.05) is 32.6 Å². The van der Waals surface area contributed by atoms with Crippen molar-refractivity contribution in [1.82, 2.24) is 0 Å². The van der Waals surface area contributed by atoms with Crippen LogP contribution in [0.3, 0.4) is 0 Å². The first kappa shape index (κ1) is 10.5. The molecule has 1 heteroatoms. The molecule has 0 heterocycles. The topological polar surface area (TPSA) is 26.0 Å². The van der Waals surface area contributed by atoms with Gasteiger partial charge in [0.2, 0.25) is 0 Å². The van der Waals surface area contributed by atoms with Gasteiger partial charge in [0.05, 0.1) is 0 Å². The summed E-state index contributed by atoms with van der Waals surface area (Å²) < 4.78 is 0. The molecule has 2 fully saturated rings. The fourth-order valence-electron chi connectivity index (χ4n) is 3.45. The van der Waals surface area contributed by atoms with Gasteiger partial charge in [-0.2, -0.15) is 0 Å². The van der Waals surface area contributed by atoms with Crippen molar-refractivity contribution in [2.75, 3.05) is 0 Å². The maximum atomic E-state index is 6.06. The van der Waals surface area contributed by atoms with E-state index in [1.165, 1.54) is 51.4 Å². The lowest BCUT2D eigenvalue weighted by molar-refractivity contribution is 0.194. The summed E-state index contributed by atoms with van der Waals surface area (Å²) in [6, 6.07) is 0.512. The van der Waals surface area contributed by atoms with Crippen molar-refractivity contribution >= 4 is 0 Å². The monoisotopic (exact) mass is 195 g/mol. The Morgan fingerprint density at radius 1 is 1.07 bits per heavy atom. The van der Waals surface area contributed by atoms with Crippen LogP contribution in [0.4, 0.5) is 0 Å². The summed E-state index contributed by atoms with van der Waals surface area (Å²) in [7, 11) is 0.